The molecule has 0 aliphatic carbocycles. The minimum Gasteiger partial charge on any atom is -0.444 e. The molecular formula is C17H22N4O2. The van der Waals surface area contributed by atoms with Gasteiger partial charge < -0.3 is 10.1 Å². The largest absolute Gasteiger partial charge is 0.444 e. The Kier molecular flexibility index (Phi) is 5.22. The summed E-state index contributed by atoms with van der Waals surface area (Å²) in [5.74, 6) is 0.770. The molecule has 6 heteroatoms. The monoisotopic (exact) mass is 314 g/mol. The van der Waals surface area contributed by atoms with E-state index in [2.05, 4.69) is 16.4 Å². The van der Waals surface area contributed by atoms with Crippen molar-refractivity contribution in [2.24, 2.45) is 4.99 Å². The van der Waals surface area contributed by atoms with E-state index in [9.17, 15) is 4.79 Å². The number of carbonyl (C=O) groups excluding carboxylic acids is 1. The van der Waals surface area contributed by atoms with Crippen molar-refractivity contribution in [3.63, 3.8) is 0 Å². The molecule has 0 spiro atoms. The topological polar surface area (TPSA) is 77.7 Å². The summed E-state index contributed by atoms with van der Waals surface area (Å²) in [4.78, 5) is 18.2. The highest BCUT2D eigenvalue weighted by Crippen LogP contribution is 2.11. The first-order valence-electron chi connectivity index (χ1n) is 7.61. The van der Waals surface area contributed by atoms with Gasteiger partial charge in [0.15, 0.2) is 0 Å². The second-order valence-electron chi connectivity index (χ2n) is 6.39. The maximum Gasteiger partial charge on any atom is 0.410 e. The van der Waals surface area contributed by atoms with E-state index in [-0.39, 0.29) is 6.09 Å². The molecule has 122 valence electrons. The SMILES string of the molecule is CC(C)(C)OC(=O)N1CCN=C(NCc2ccc(C#N)cc2)C1. The number of nitrogens with zero attached hydrogens (tertiary/aromatic N) is 3. The maximum absolute atomic E-state index is 12.1. The van der Waals surface area contributed by atoms with Crippen molar-refractivity contribution in [3.8, 4) is 6.07 Å². The highest BCUT2D eigenvalue weighted by atomic mass is 16.6. The van der Waals surface area contributed by atoms with E-state index in [1.54, 1.807) is 17.0 Å². The van der Waals surface area contributed by atoms with Gasteiger partial charge in [-0.2, -0.15) is 5.26 Å². The maximum atomic E-state index is 12.1. The van der Waals surface area contributed by atoms with E-state index in [0.717, 1.165) is 11.4 Å². The lowest BCUT2D eigenvalue weighted by molar-refractivity contribution is 0.0276. The third-order valence-corrected chi connectivity index (χ3v) is 3.24. The lowest BCUT2D eigenvalue weighted by Gasteiger charge is -2.30. The quantitative estimate of drug-likeness (QED) is 0.908. The minimum atomic E-state index is -0.498. The second kappa shape index (κ2) is 7.14. The van der Waals surface area contributed by atoms with Crippen LogP contribution in [0.3, 0.4) is 0 Å². The van der Waals surface area contributed by atoms with Crippen molar-refractivity contribution in [3.05, 3.63) is 35.4 Å². The summed E-state index contributed by atoms with van der Waals surface area (Å²) in [7, 11) is 0. The molecule has 1 N–H and O–H groups in total. The van der Waals surface area contributed by atoms with Crippen LogP contribution in [0.25, 0.3) is 0 Å². The molecule has 0 unspecified atom stereocenters. The van der Waals surface area contributed by atoms with Crippen molar-refractivity contribution < 1.29 is 9.53 Å². The molecule has 0 bridgehead atoms. The molecule has 0 radical (unpaired) electrons. The summed E-state index contributed by atoms with van der Waals surface area (Å²) in [6.45, 7) is 7.72. The summed E-state index contributed by atoms with van der Waals surface area (Å²) in [6, 6.07) is 9.47. The summed E-state index contributed by atoms with van der Waals surface area (Å²) < 4.78 is 5.39. The highest BCUT2D eigenvalue weighted by molar-refractivity contribution is 5.87. The Balaban J connectivity index is 1.87. The molecule has 0 aromatic heterocycles. The molecule has 1 amide bonds. The first-order chi connectivity index (χ1) is 10.9. The van der Waals surface area contributed by atoms with E-state index < -0.39 is 5.60 Å². The Bertz CT molecular complexity index is 623. The molecule has 0 saturated heterocycles. The Labute approximate surface area is 136 Å². The van der Waals surface area contributed by atoms with Gasteiger partial charge in [-0.1, -0.05) is 12.1 Å². The van der Waals surface area contributed by atoms with Crippen LogP contribution in [0.5, 0.6) is 0 Å². The second-order valence-corrected chi connectivity index (χ2v) is 6.39. The molecule has 1 aromatic carbocycles. The average molecular weight is 314 g/mol. The molecule has 1 aliphatic rings. The fourth-order valence-electron chi connectivity index (χ4n) is 2.11. The summed E-state index contributed by atoms with van der Waals surface area (Å²) in [5.41, 5.74) is 1.20. The van der Waals surface area contributed by atoms with Crippen molar-refractivity contribution in [2.75, 3.05) is 19.6 Å². The summed E-state index contributed by atoms with van der Waals surface area (Å²) >= 11 is 0. The number of amidine groups is 1. The number of hydrogen-bond acceptors (Lipinski definition) is 5. The number of aliphatic imine (C=N–C) groups is 1. The zero-order valence-electron chi connectivity index (χ0n) is 13.8. The fourth-order valence-corrected chi connectivity index (χ4v) is 2.11. The lowest BCUT2D eigenvalue weighted by atomic mass is 10.1. The van der Waals surface area contributed by atoms with Crippen molar-refractivity contribution >= 4 is 11.9 Å². The zero-order valence-corrected chi connectivity index (χ0v) is 13.8. The number of nitrogens with one attached hydrogen (secondary N) is 1. The van der Waals surface area contributed by atoms with Gasteiger partial charge in [0.25, 0.3) is 0 Å². The fraction of sp³-hybridized carbons (Fsp3) is 0.471. The predicted octanol–water partition coefficient (Wildman–Crippen LogP) is 2.30. The summed E-state index contributed by atoms with van der Waals surface area (Å²) in [6.07, 6.45) is -0.315. The van der Waals surface area contributed by atoms with E-state index in [1.807, 2.05) is 32.9 Å². The average Bonchev–Trinajstić information content (AvgIpc) is 2.52. The minimum absolute atomic E-state index is 0.315. The molecule has 23 heavy (non-hydrogen) atoms. The van der Waals surface area contributed by atoms with Gasteiger partial charge in [0, 0.05) is 13.1 Å². The third-order valence-electron chi connectivity index (χ3n) is 3.24. The van der Waals surface area contributed by atoms with Gasteiger partial charge in [-0.15, -0.1) is 0 Å². The number of amides is 1. The molecule has 0 atom stereocenters. The van der Waals surface area contributed by atoms with Crippen LogP contribution in [0.1, 0.15) is 31.9 Å². The number of hydrogen-bond donors (Lipinski definition) is 1. The molecule has 0 saturated carbocycles. The highest BCUT2D eigenvalue weighted by Gasteiger charge is 2.24. The van der Waals surface area contributed by atoms with Gasteiger partial charge in [-0.3, -0.25) is 9.89 Å². The van der Waals surface area contributed by atoms with Crippen LogP contribution in [-0.4, -0.2) is 42.1 Å². The standard InChI is InChI=1S/C17H22N4O2/c1-17(2,3)23-16(22)21-9-8-19-15(12-21)20-11-14-6-4-13(10-18)5-7-14/h4-7H,8-9,11-12H2,1-3H3,(H,19,20). The van der Waals surface area contributed by atoms with Gasteiger partial charge in [-0.25, -0.2) is 4.79 Å². The number of carbonyl (C=O) groups is 1. The number of rotatable bonds is 2. The first-order valence-corrected chi connectivity index (χ1v) is 7.61. The molecule has 2 rings (SSSR count). The Morgan fingerprint density at radius 2 is 2.09 bits per heavy atom. The van der Waals surface area contributed by atoms with Crippen LogP contribution in [0.4, 0.5) is 4.79 Å². The van der Waals surface area contributed by atoms with Gasteiger partial charge in [0.05, 0.1) is 24.7 Å². The normalized spacial score (nSPS) is 14.7. The Morgan fingerprint density at radius 3 is 2.70 bits per heavy atom. The van der Waals surface area contributed by atoms with Gasteiger partial charge in [-0.05, 0) is 38.5 Å². The van der Waals surface area contributed by atoms with Crippen LogP contribution < -0.4 is 5.32 Å². The van der Waals surface area contributed by atoms with Gasteiger partial charge in [0.1, 0.15) is 11.4 Å². The molecule has 1 aliphatic heterocycles. The van der Waals surface area contributed by atoms with Crippen LogP contribution in [0, 0.1) is 11.3 Å². The lowest BCUT2D eigenvalue weighted by Crippen LogP contribution is -2.47. The first kappa shape index (κ1) is 16.8. The molecule has 1 heterocycles. The predicted molar refractivity (Wildman–Crippen MR) is 88.1 cm³/mol. The number of ether oxygens (including phenoxy) is 1. The van der Waals surface area contributed by atoms with E-state index in [0.29, 0.717) is 31.7 Å². The van der Waals surface area contributed by atoms with Crippen LogP contribution in [0.15, 0.2) is 29.3 Å². The van der Waals surface area contributed by atoms with E-state index in [1.165, 1.54) is 0 Å². The Morgan fingerprint density at radius 1 is 1.39 bits per heavy atom. The number of benzene rings is 1. The van der Waals surface area contributed by atoms with Crippen LogP contribution in [0.2, 0.25) is 0 Å². The van der Waals surface area contributed by atoms with Crippen LogP contribution in [-0.2, 0) is 11.3 Å². The summed E-state index contributed by atoms with van der Waals surface area (Å²) in [5, 5.41) is 12.0. The number of nitriles is 1. The Hall–Kier alpha value is -2.55. The smallest absolute Gasteiger partial charge is 0.410 e. The molecule has 1 aromatic rings. The molecule has 6 nitrogen and oxygen atoms in total. The van der Waals surface area contributed by atoms with Crippen molar-refractivity contribution in [1.29, 1.82) is 5.26 Å². The zero-order chi connectivity index (χ0) is 16.9. The molecule has 0 fully saturated rings. The van der Waals surface area contributed by atoms with Crippen LogP contribution >= 0.6 is 0 Å². The van der Waals surface area contributed by atoms with Gasteiger partial charge in [0.2, 0.25) is 0 Å². The van der Waals surface area contributed by atoms with Crippen molar-refractivity contribution in [2.45, 2.75) is 32.9 Å². The van der Waals surface area contributed by atoms with Crippen molar-refractivity contribution in [1.82, 2.24) is 10.2 Å². The van der Waals surface area contributed by atoms with E-state index >= 15 is 0 Å². The van der Waals surface area contributed by atoms with E-state index in [4.69, 9.17) is 10.00 Å². The van der Waals surface area contributed by atoms with Gasteiger partial charge >= 0.3 is 6.09 Å². The molecular weight excluding hydrogens is 292 g/mol. The third kappa shape index (κ3) is 5.29.